The van der Waals surface area contributed by atoms with Crippen LogP contribution in [0.1, 0.15) is 32.1 Å². The lowest BCUT2D eigenvalue weighted by Crippen LogP contribution is -2.38. The molecule has 21 heavy (non-hydrogen) atoms. The molecular formula is C16H24ClN3O. The first-order chi connectivity index (χ1) is 9.99. The van der Waals surface area contributed by atoms with Crippen molar-refractivity contribution in [3.63, 3.8) is 0 Å². The number of rotatable bonds is 3. The van der Waals surface area contributed by atoms with Crippen LogP contribution in [0.2, 0.25) is 5.02 Å². The summed E-state index contributed by atoms with van der Waals surface area (Å²) in [6.45, 7) is 0. The number of amides is 1. The minimum absolute atomic E-state index is 0.00904. The van der Waals surface area contributed by atoms with Crippen LogP contribution in [0.3, 0.4) is 0 Å². The SMILES string of the molecule is CN(C)c1ccc(Cl)cc1NC(=O)C1CCCCCC1N. The van der Waals surface area contributed by atoms with Gasteiger partial charge in [0.15, 0.2) is 0 Å². The highest BCUT2D eigenvalue weighted by Gasteiger charge is 2.27. The van der Waals surface area contributed by atoms with E-state index in [9.17, 15) is 4.79 Å². The van der Waals surface area contributed by atoms with Crippen LogP contribution in [0.25, 0.3) is 0 Å². The fourth-order valence-electron chi connectivity index (χ4n) is 2.89. The van der Waals surface area contributed by atoms with E-state index in [0.29, 0.717) is 5.02 Å². The van der Waals surface area contributed by atoms with Crippen molar-refractivity contribution in [3.8, 4) is 0 Å². The van der Waals surface area contributed by atoms with Crippen LogP contribution in [0.4, 0.5) is 11.4 Å². The van der Waals surface area contributed by atoms with Crippen molar-refractivity contribution in [2.75, 3.05) is 24.3 Å². The third kappa shape index (κ3) is 4.11. The number of benzene rings is 1. The van der Waals surface area contributed by atoms with Gasteiger partial charge in [0.05, 0.1) is 17.3 Å². The molecule has 2 rings (SSSR count). The molecule has 1 aromatic rings. The number of nitrogens with two attached hydrogens (primary N) is 1. The van der Waals surface area contributed by atoms with Crippen molar-refractivity contribution in [3.05, 3.63) is 23.2 Å². The zero-order valence-corrected chi connectivity index (χ0v) is 13.5. The predicted octanol–water partition coefficient (Wildman–Crippen LogP) is 3.25. The van der Waals surface area contributed by atoms with Gasteiger partial charge in [0.25, 0.3) is 0 Å². The maximum Gasteiger partial charge on any atom is 0.229 e. The number of nitrogens with one attached hydrogen (secondary N) is 1. The molecule has 4 nitrogen and oxygen atoms in total. The van der Waals surface area contributed by atoms with E-state index in [1.54, 1.807) is 6.07 Å². The van der Waals surface area contributed by atoms with E-state index in [0.717, 1.165) is 43.5 Å². The van der Waals surface area contributed by atoms with E-state index >= 15 is 0 Å². The lowest BCUT2D eigenvalue weighted by atomic mass is 9.94. The van der Waals surface area contributed by atoms with Gasteiger partial charge in [-0.05, 0) is 31.0 Å². The van der Waals surface area contributed by atoms with Crippen molar-refractivity contribution < 1.29 is 4.79 Å². The summed E-state index contributed by atoms with van der Waals surface area (Å²) in [5, 5.41) is 3.63. The highest BCUT2D eigenvalue weighted by atomic mass is 35.5. The Morgan fingerprint density at radius 2 is 2.00 bits per heavy atom. The lowest BCUT2D eigenvalue weighted by Gasteiger charge is -2.23. The van der Waals surface area contributed by atoms with Crippen LogP contribution in [-0.2, 0) is 4.79 Å². The number of nitrogens with zero attached hydrogens (tertiary/aromatic N) is 1. The van der Waals surface area contributed by atoms with Gasteiger partial charge in [-0.2, -0.15) is 0 Å². The monoisotopic (exact) mass is 309 g/mol. The Kier molecular flexibility index (Phi) is 5.48. The summed E-state index contributed by atoms with van der Waals surface area (Å²) in [6, 6.07) is 5.47. The highest BCUT2D eigenvalue weighted by molar-refractivity contribution is 6.31. The smallest absolute Gasteiger partial charge is 0.229 e. The van der Waals surface area contributed by atoms with Crippen LogP contribution < -0.4 is 16.0 Å². The third-order valence-electron chi connectivity index (χ3n) is 4.10. The summed E-state index contributed by atoms with van der Waals surface area (Å²) in [5.74, 6) is -0.101. The molecule has 5 heteroatoms. The fraction of sp³-hybridized carbons (Fsp3) is 0.562. The summed E-state index contributed by atoms with van der Waals surface area (Å²) >= 11 is 6.05. The number of carbonyl (C=O) groups excluding carboxylic acids is 1. The fourth-order valence-corrected chi connectivity index (χ4v) is 3.06. The summed E-state index contributed by atoms with van der Waals surface area (Å²) < 4.78 is 0. The van der Waals surface area contributed by atoms with E-state index < -0.39 is 0 Å². The number of anilines is 2. The second-order valence-corrected chi connectivity index (χ2v) is 6.39. The number of hydrogen-bond acceptors (Lipinski definition) is 3. The summed E-state index contributed by atoms with van der Waals surface area (Å²) in [5.41, 5.74) is 7.85. The molecule has 0 bridgehead atoms. The Labute approximate surface area is 131 Å². The van der Waals surface area contributed by atoms with Crippen molar-refractivity contribution in [2.45, 2.75) is 38.1 Å². The quantitative estimate of drug-likeness (QED) is 0.843. The van der Waals surface area contributed by atoms with Gasteiger partial charge in [-0.25, -0.2) is 0 Å². The molecule has 1 saturated carbocycles. The Bertz CT molecular complexity index is 504. The van der Waals surface area contributed by atoms with Crippen LogP contribution in [0, 0.1) is 5.92 Å². The van der Waals surface area contributed by atoms with E-state index in [1.807, 2.05) is 31.1 Å². The minimum Gasteiger partial charge on any atom is -0.376 e. The standard InChI is InChI=1S/C16H24ClN3O/c1-20(2)15-9-8-11(17)10-14(15)19-16(21)12-6-4-3-5-7-13(12)18/h8-10,12-13H,3-7,18H2,1-2H3,(H,19,21). The second-order valence-electron chi connectivity index (χ2n) is 5.95. The van der Waals surface area contributed by atoms with Gasteiger partial charge >= 0.3 is 0 Å². The Balaban J connectivity index is 2.16. The van der Waals surface area contributed by atoms with Crippen LogP contribution >= 0.6 is 11.6 Å². The zero-order valence-electron chi connectivity index (χ0n) is 12.7. The largest absolute Gasteiger partial charge is 0.376 e. The average molecular weight is 310 g/mol. The van der Waals surface area contributed by atoms with Gasteiger partial charge in [0.2, 0.25) is 5.91 Å². The second kappa shape index (κ2) is 7.14. The van der Waals surface area contributed by atoms with E-state index in [-0.39, 0.29) is 17.9 Å². The average Bonchev–Trinajstić information content (AvgIpc) is 2.63. The molecule has 0 radical (unpaired) electrons. The normalized spacial score (nSPS) is 22.5. The van der Waals surface area contributed by atoms with Crippen molar-refractivity contribution in [1.29, 1.82) is 0 Å². The van der Waals surface area contributed by atoms with Gasteiger partial charge in [0, 0.05) is 25.2 Å². The molecule has 3 N–H and O–H groups in total. The topological polar surface area (TPSA) is 58.4 Å². The highest BCUT2D eigenvalue weighted by Crippen LogP contribution is 2.30. The lowest BCUT2D eigenvalue weighted by molar-refractivity contribution is -0.120. The van der Waals surface area contributed by atoms with Crippen molar-refractivity contribution in [1.82, 2.24) is 0 Å². The summed E-state index contributed by atoms with van der Waals surface area (Å²) in [7, 11) is 3.88. The Morgan fingerprint density at radius 3 is 2.71 bits per heavy atom. The molecule has 0 aromatic heterocycles. The first-order valence-corrected chi connectivity index (χ1v) is 7.90. The summed E-state index contributed by atoms with van der Waals surface area (Å²) in [6.07, 6.45) is 5.14. The van der Waals surface area contributed by atoms with Crippen LogP contribution in [0.5, 0.6) is 0 Å². The van der Waals surface area contributed by atoms with Gasteiger partial charge in [0.1, 0.15) is 0 Å². The molecule has 1 aliphatic rings. The number of carbonyl (C=O) groups is 1. The molecule has 1 amide bonds. The Hall–Kier alpha value is -1.26. The molecule has 1 fully saturated rings. The molecule has 0 saturated heterocycles. The first-order valence-electron chi connectivity index (χ1n) is 7.52. The van der Waals surface area contributed by atoms with Crippen molar-refractivity contribution in [2.24, 2.45) is 11.7 Å². The maximum atomic E-state index is 12.6. The van der Waals surface area contributed by atoms with Gasteiger partial charge in [-0.15, -0.1) is 0 Å². The van der Waals surface area contributed by atoms with Crippen LogP contribution in [0.15, 0.2) is 18.2 Å². The molecule has 1 aromatic carbocycles. The molecule has 2 unspecified atom stereocenters. The van der Waals surface area contributed by atoms with E-state index in [1.165, 1.54) is 0 Å². The Morgan fingerprint density at radius 1 is 1.29 bits per heavy atom. The minimum atomic E-state index is -0.110. The predicted molar refractivity (Wildman–Crippen MR) is 89.0 cm³/mol. The van der Waals surface area contributed by atoms with Crippen molar-refractivity contribution >= 4 is 28.9 Å². The van der Waals surface area contributed by atoms with Gasteiger partial charge in [-0.3, -0.25) is 4.79 Å². The molecule has 0 spiro atoms. The molecule has 0 aliphatic heterocycles. The van der Waals surface area contributed by atoms with E-state index in [2.05, 4.69) is 5.32 Å². The van der Waals surface area contributed by atoms with Gasteiger partial charge in [-0.1, -0.05) is 30.9 Å². The summed E-state index contributed by atoms with van der Waals surface area (Å²) in [4.78, 5) is 14.5. The maximum absolute atomic E-state index is 12.6. The first kappa shape index (κ1) is 16.1. The molecule has 1 aliphatic carbocycles. The molecule has 116 valence electrons. The number of halogens is 1. The number of hydrogen-bond donors (Lipinski definition) is 2. The zero-order chi connectivity index (χ0) is 15.4. The third-order valence-corrected chi connectivity index (χ3v) is 4.34. The van der Waals surface area contributed by atoms with Crippen LogP contribution in [-0.4, -0.2) is 26.0 Å². The molecule has 0 heterocycles. The van der Waals surface area contributed by atoms with E-state index in [4.69, 9.17) is 17.3 Å². The molecule has 2 atom stereocenters. The molecular weight excluding hydrogens is 286 g/mol. The van der Waals surface area contributed by atoms with Gasteiger partial charge < -0.3 is 16.0 Å².